The van der Waals surface area contributed by atoms with Crippen LogP contribution < -0.4 is 0 Å². The second-order valence-corrected chi connectivity index (χ2v) is 7.76. The molecule has 1 heterocycles. The molecule has 0 amide bonds. The van der Waals surface area contributed by atoms with Crippen LogP contribution in [0.3, 0.4) is 0 Å². The Morgan fingerprint density at radius 3 is 2.54 bits per heavy atom. The van der Waals surface area contributed by atoms with Crippen molar-refractivity contribution in [3.05, 3.63) is 53.9 Å². The minimum Gasteiger partial charge on any atom is -0.289 e. The molecule has 1 aromatic carbocycles. The van der Waals surface area contributed by atoms with E-state index in [4.69, 9.17) is 11.6 Å². The van der Waals surface area contributed by atoms with E-state index in [-0.39, 0.29) is 10.7 Å². The minimum absolute atomic E-state index is 0.149. The first-order chi connectivity index (χ1) is 11.3. The fourth-order valence-corrected chi connectivity index (χ4v) is 3.02. The van der Waals surface area contributed by atoms with Gasteiger partial charge in [-0.25, -0.2) is 12.7 Å². The van der Waals surface area contributed by atoms with E-state index in [0.717, 1.165) is 9.87 Å². The summed E-state index contributed by atoms with van der Waals surface area (Å²) in [5, 5.41) is 4.11. The number of ketones is 1. The van der Waals surface area contributed by atoms with Gasteiger partial charge < -0.3 is 0 Å². The average Bonchev–Trinajstić information content (AvgIpc) is 3.00. The van der Waals surface area contributed by atoms with Gasteiger partial charge in [0.1, 0.15) is 0 Å². The van der Waals surface area contributed by atoms with Crippen molar-refractivity contribution in [1.82, 2.24) is 14.1 Å². The van der Waals surface area contributed by atoms with Gasteiger partial charge in [-0.2, -0.15) is 5.10 Å². The summed E-state index contributed by atoms with van der Waals surface area (Å²) < 4.78 is 26.8. The Balaban J connectivity index is 2.11. The molecule has 0 atom stereocenters. The molecule has 8 heteroatoms. The number of hydrogen-bond donors (Lipinski definition) is 0. The molecule has 0 aliphatic heterocycles. The minimum atomic E-state index is -3.50. The molecule has 0 bridgehead atoms. The van der Waals surface area contributed by atoms with Gasteiger partial charge in [-0.1, -0.05) is 0 Å². The number of rotatable bonds is 7. The number of allylic oxidation sites excluding steroid dienone is 1. The van der Waals surface area contributed by atoms with Gasteiger partial charge >= 0.3 is 0 Å². The summed E-state index contributed by atoms with van der Waals surface area (Å²) in [6.45, 7) is 0.602. The molecule has 2 rings (SSSR count). The topological polar surface area (TPSA) is 72.3 Å². The Bertz CT molecular complexity index is 840. The van der Waals surface area contributed by atoms with Crippen LogP contribution in [0.2, 0.25) is 0 Å². The Labute approximate surface area is 146 Å². The number of carbonyl (C=O) groups is 1. The SMILES string of the molecule is CN(C)S(=O)(=O)c1ccc(C(=O)/C=C/c2cnn(CCCl)c2)cc1. The molecular formula is C16H18ClN3O3S. The molecular weight excluding hydrogens is 350 g/mol. The normalized spacial score (nSPS) is 12.2. The van der Waals surface area contributed by atoms with Crippen LogP contribution in [-0.2, 0) is 16.6 Å². The van der Waals surface area contributed by atoms with E-state index < -0.39 is 10.0 Å². The molecule has 128 valence electrons. The second-order valence-electron chi connectivity index (χ2n) is 5.24. The second kappa shape index (κ2) is 7.74. The van der Waals surface area contributed by atoms with Gasteiger partial charge in [-0.3, -0.25) is 9.48 Å². The summed E-state index contributed by atoms with van der Waals surface area (Å²) >= 11 is 5.64. The first kappa shape index (κ1) is 18.4. The van der Waals surface area contributed by atoms with Crippen LogP contribution >= 0.6 is 11.6 Å². The Hall–Kier alpha value is -1.96. The highest BCUT2D eigenvalue weighted by atomic mass is 35.5. The van der Waals surface area contributed by atoms with Crippen LogP contribution in [0.15, 0.2) is 47.6 Å². The molecule has 2 aromatic rings. The molecule has 0 saturated carbocycles. The maximum absolute atomic E-state index is 12.2. The molecule has 0 aliphatic rings. The fourth-order valence-electron chi connectivity index (χ4n) is 1.94. The summed E-state index contributed by atoms with van der Waals surface area (Å²) in [5.74, 6) is 0.250. The largest absolute Gasteiger partial charge is 0.289 e. The van der Waals surface area contributed by atoms with Gasteiger partial charge in [0.15, 0.2) is 5.78 Å². The molecule has 0 N–H and O–H groups in total. The Morgan fingerprint density at radius 1 is 1.29 bits per heavy atom. The average molecular weight is 368 g/mol. The Kier molecular flexibility index (Phi) is 5.93. The van der Waals surface area contributed by atoms with Crippen LogP contribution in [-0.4, -0.2) is 48.3 Å². The third-order valence-corrected chi connectivity index (χ3v) is 5.31. The molecule has 6 nitrogen and oxygen atoms in total. The van der Waals surface area contributed by atoms with Gasteiger partial charge in [-0.05, 0) is 36.4 Å². The third-order valence-electron chi connectivity index (χ3n) is 3.31. The third kappa shape index (κ3) is 4.31. The van der Waals surface area contributed by atoms with Crippen molar-refractivity contribution in [2.45, 2.75) is 11.4 Å². The van der Waals surface area contributed by atoms with E-state index in [2.05, 4.69) is 5.10 Å². The monoisotopic (exact) mass is 367 g/mol. The summed E-state index contributed by atoms with van der Waals surface area (Å²) in [7, 11) is -0.575. The highest BCUT2D eigenvalue weighted by Crippen LogP contribution is 2.15. The van der Waals surface area contributed by atoms with Crippen LogP contribution in [0, 0.1) is 0 Å². The number of carbonyl (C=O) groups excluding carboxylic acids is 1. The van der Waals surface area contributed by atoms with Gasteiger partial charge in [0.05, 0.1) is 17.6 Å². The molecule has 0 unspecified atom stereocenters. The first-order valence-electron chi connectivity index (χ1n) is 7.18. The predicted octanol–water partition coefficient (Wildman–Crippen LogP) is 2.27. The number of hydrogen-bond acceptors (Lipinski definition) is 4. The van der Waals surface area contributed by atoms with Crippen molar-refractivity contribution >= 4 is 33.5 Å². The lowest BCUT2D eigenvalue weighted by molar-refractivity contribution is 0.104. The molecule has 24 heavy (non-hydrogen) atoms. The number of benzene rings is 1. The fraction of sp³-hybridized carbons (Fsp3) is 0.250. The number of aryl methyl sites for hydroxylation is 1. The van der Waals surface area contributed by atoms with Crippen molar-refractivity contribution in [3.63, 3.8) is 0 Å². The van der Waals surface area contributed by atoms with E-state index in [9.17, 15) is 13.2 Å². The number of nitrogens with zero attached hydrogens (tertiary/aromatic N) is 3. The molecule has 0 fully saturated rings. The van der Waals surface area contributed by atoms with E-state index in [1.54, 1.807) is 23.2 Å². The zero-order valence-electron chi connectivity index (χ0n) is 13.4. The van der Waals surface area contributed by atoms with E-state index >= 15 is 0 Å². The summed E-state index contributed by atoms with van der Waals surface area (Å²) in [4.78, 5) is 12.3. The zero-order chi connectivity index (χ0) is 17.7. The number of halogens is 1. The zero-order valence-corrected chi connectivity index (χ0v) is 15.0. The van der Waals surface area contributed by atoms with Crippen molar-refractivity contribution < 1.29 is 13.2 Å². The molecule has 0 spiro atoms. The first-order valence-corrected chi connectivity index (χ1v) is 9.15. The standard InChI is InChI=1S/C16H18ClN3O3S/c1-19(2)24(22,23)15-6-4-14(5-7-15)16(21)8-3-13-11-18-20(12-13)10-9-17/h3-8,11-12H,9-10H2,1-2H3/b8-3+. The van der Waals surface area contributed by atoms with Gasteiger partial charge in [-0.15, -0.1) is 11.6 Å². The van der Waals surface area contributed by atoms with Crippen molar-refractivity contribution in [1.29, 1.82) is 0 Å². The molecule has 1 aromatic heterocycles. The highest BCUT2D eigenvalue weighted by Gasteiger charge is 2.17. The van der Waals surface area contributed by atoms with E-state index in [0.29, 0.717) is 18.0 Å². The maximum atomic E-state index is 12.2. The highest BCUT2D eigenvalue weighted by molar-refractivity contribution is 7.89. The smallest absolute Gasteiger partial charge is 0.242 e. The lowest BCUT2D eigenvalue weighted by atomic mass is 10.1. The van der Waals surface area contributed by atoms with Crippen molar-refractivity contribution in [3.8, 4) is 0 Å². The number of alkyl halides is 1. The van der Waals surface area contributed by atoms with Crippen LogP contribution in [0.4, 0.5) is 0 Å². The van der Waals surface area contributed by atoms with Crippen molar-refractivity contribution in [2.75, 3.05) is 20.0 Å². The van der Waals surface area contributed by atoms with Crippen molar-refractivity contribution in [2.24, 2.45) is 0 Å². The number of sulfonamides is 1. The molecule has 0 aliphatic carbocycles. The van der Waals surface area contributed by atoms with Gasteiger partial charge in [0.25, 0.3) is 0 Å². The van der Waals surface area contributed by atoms with Crippen LogP contribution in [0.1, 0.15) is 15.9 Å². The Morgan fingerprint density at radius 2 is 1.96 bits per heavy atom. The summed E-state index contributed by atoms with van der Waals surface area (Å²) in [6.07, 6.45) is 6.52. The lowest BCUT2D eigenvalue weighted by Crippen LogP contribution is -2.22. The van der Waals surface area contributed by atoms with Gasteiger partial charge in [0.2, 0.25) is 10.0 Å². The van der Waals surface area contributed by atoms with E-state index in [1.807, 2.05) is 0 Å². The quantitative estimate of drug-likeness (QED) is 0.427. The molecule has 0 saturated heterocycles. The predicted molar refractivity (Wildman–Crippen MR) is 93.6 cm³/mol. The summed E-state index contributed by atoms with van der Waals surface area (Å²) in [6, 6.07) is 5.85. The summed E-state index contributed by atoms with van der Waals surface area (Å²) in [5.41, 5.74) is 1.21. The van der Waals surface area contributed by atoms with E-state index in [1.165, 1.54) is 44.4 Å². The van der Waals surface area contributed by atoms with Crippen LogP contribution in [0.5, 0.6) is 0 Å². The van der Waals surface area contributed by atoms with Crippen LogP contribution in [0.25, 0.3) is 6.08 Å². The lowest BCUT2D eigenvalue weighted by Gasteiger charge is -2.11. The number of aromatic nitrogens is 2. The molecule has 0 radical (unpaired) electrons. The maximum Gasteiger partial charge on any atom is 0.242 e. The van der Waals surface area contributed by atoms with Gasteiger partial charge in [0, 0.05) is 37.3 Å².